The number of nitrogens with one attached hydrogen (secondary N) is 2. The SMILES string of the molecule is COCCOC(=O)Nc1cccc(NC(=O)CCCN2C(=O)c3cccc4cccc(c34)C2=O)c1. The van der Waals surface area contributed by atoms with Crippen molar-refractivity contribution in [3.63, 3.8) is 0 Å². The number of imide groups is 1. The summed E-state index contributed by atoms with van der Waals surface area (Å²) in [4.78, 5) is 51.3. The third-order valence-corrected chi connectivity index (χ3v) is 5.55. The molecular formula is C26H25N3O6. The van der Waals surface area contributed by atoms with Gasteiger partial charge in [-0.2, -0.15) is 0 Å². The molecule has 0 atom stereocenters. The zero-order valence-electron chi connectivity index (χ0n) is 19.2. The van der Waals surface area contributed by atoms with Crippen molar-refractivity contribution < 1.29 is 28.7 Å². The number of hydrogen-bond donors (Lipinski definition) is 2. The molecule has 0 bridgehead atoms. The molecule has 2 N–H and O–H groups in total. The summed E-state index contributed by atoms with van der Waals surface area (Å²) in [6, 6.07) is 17.4. The summed E-state index contributed by atoms with van der Waals surface area (Å²) in [7, 11) is 1.51. The van der Waals surface area contributed by atoms with E-state index in [9.17, 15) is 19.2 Å². The molecule has 0 saturated heterocycles. The third-order valence-electron chi connectivity index (χ3n) is 5.55. The minimum atomic E-state index is -0.626. The van der Waals surface area contributed by atoms with Crippen LogP contribution in [0.15, 0.2) is 60.7 Å². The molecular weight excluding hydrogens is 450 g/mol. The monoisotopic (exact) mass is 475 g/mol. The Hall–Kier alpha value is -4.24. The number of carbonyl (C=O) groups excluding carboxylic acids is 4. The fraction of sp³-hybridized carbons (Fsp3) is 0.231. The van der Waals surface area contributed by atoms with E-state index in [1.54, 1.807) is 48.5 Å². The van der Waals surface area contributed by atoms with E-state index in [1.807, 2.05) is 12.1 Å². The van der Waals surface area contributed by atoms with E-state index in [4.69, 9.17) is 9.47 Å². The first-order chi connectivity index (χ1) is 17.0. The topological polar surface area (TPSA) is 114 Å². The second-order valence-corrected chi connectivity index (χ2v) is 7.96. The van der Waals surface area contributed by atoms with Gasteiger partial charge in [-0.15, -0.1) is 0 Å². The van der Waals surface area contributed by atoms with Crippen LogP contribution < -0.4 is 10.6 Å². The summed E-state index contributed by atoms with van der Waals surface area (Å²) in [5.41, 5.74) is 1.94. The Morgan fingerprint density at radius 1 is 0.857 bits per heavy atom. The molecule has 4 rings (SSSR count). The van der Waals surface area contributed by atoms with Crippen LogP contribution in [0, 0.1) is 0 Å². The van der Waals surface area contributed by atoms with Crippen LogP contribution in [-0.4, -0.2) is 55.6 Å². The first-order valence-electron chi connectivity index (χ1n) is 11.2. The number of hydrogen-bond acceptors (Lipinski definition) is 6. The predicted octanol–water partition coefficient (Wildman–Crippen LogP) is 4.05. The molecule has 9 heteroatoms. The Kier molecular flexibility index (Phi) is 7.37. The Balaban J connectivity index is 1.31. The minimum Gasteiger partial charge on any atom is -0.447 e. The quantitative estimate of drug-likeness (QED) is 0.357. The highest BCUT2D eigenvalue weighted by atomic mass is 16.6. The van der Waals surface area contributed by atoms with E-state index in [1.165, 1.54) is 12.0 Å². The Bertz CT molecular complexity index is 1240. The lowest BCUT2D eigenvalue weighted by Gasteiger charge is -2.27. The highest BCUT2D eigenvalue weighted by molar-refractivity contribution is 6.25. The first kappa shape index (κ1) is 23.9. The van der Waals surface area contributed by atoms with Gasteiger partial charge in [0.25, 0.3) is 11.8 Å². The predicted molar refractivity (Wildman–Crippen MR) is 130 cm³/mol. The lowest BCUT2D eigenvalue weighted by molar-refractivity contribution is -0.116. The van der Waals surface area contributed by atoms with Gasteiger partial charge in [0.15, 0.2) is 0 Å². The minimum absolute atomic E-state index is 0.111. The van der Waals surface area contributed by atoms with Crippen molar-refractivity contribution in [1.29, 1.82) is 0 Å². The summed E-state index contributed by atoms with van der Waals surface area (Å²) >= 11 is 0. The van der Waals surface area contributed by atoms with E-state index in [2.05, 4.69) is 10.6 Å². The van der Waals surface area contributed by atoms with Gasteiger partial charge in [-0.05, 0) is 42.1 Å². The summed E-state index contributed by atoms with van der Waals surface area (Å²) < 4.78 is 9.78. The molecule has 1 aliphatic heterocycles. The summed E-state index contributed by atoms with van der Waals surface area (Å²) in [5, 5.41) is 6.86. The molecule has 180 valence electrons. The fourth-order valence-electron chi connectivity index (χ4n) is 3.95. The number of amides is 4. The number of carbonyl (C=O) groups is 4. The molecule has 3 aromatic rings. The van der Waals surface area contributed by atoms with E-state index < -0.39 is 6.09 Å². The number of benzene rings is 3. The molecule has 0 aliphatic carbocycles. The average Bonchev–Trinajstić information content (AvgIpc) is 2.85. The van der Waals surface area contributed by atoms with Gasteiger partial charge in [-0.3, -0.25) is 24.6 Å². The van der Waals surface area contributed by atoms with Gasteiger partial charge in [-0.25, -0.2) is 4.79 Å². The normalized spacial score (nSPS) is 12.5. The van der Waals surface area contributed by atoms with Crippen molar-refractivity contribution >= 4 is 46.0 Å². The molecule has 0 spiro atoms. The summed E-state index contributed by atoms with van der Waals surface area (Å²) in [6.07, 6.45) is -0.205. The molecule has 35 heavy (non-hydrogen) atoms. The van der Waals surface area contributed by atoms with Crippen LogP contribution in [0.1, 0.15) is 33.6 Å². The van der Waals surface area contributed by atoms with Gasteiger partial charge in [0.05, 0.1) is 6.61 Å². The standard InChI is InChI=1S/C26H25N3O6/c1-34-14-15-35-26(33)28-19-9-4-8-18(16-19)27-22(30)12-5-13-29-24(31)20-10-2-6-17-7-3-11-21(23(17)20)25(29)32/h2-4,6-11,16H,5,12-15H2,1H3,(H,27,30)(H,28,33). The van der Waals surface area contributed by atoms with Crippen LogP contribution in [0.3, 0.4) is 0 Å². The molecule has 0 fully saturated rings. The van der Waals surface area contributed by atoms with Crippen LogP contribution in [0.5, 0.6) is 0 Å². The Morgan fingerprint density at radius 2 is 1.49 bits per heavy atom. The van der Waals surface area contributed by atoms with Gasteiger partial charge < -0.3 is 14.8 Å². The fourth-order valence-corrected chi connectivity index (χ4v) is 3.95. The van der Waals surface area contributed by atoms with Gasteiger partial charge >= 0.3 is 6.09 Å². The Morgan fingerprint density at radius 3 is 2.14 bits per heavy atom. The maximum atomic E-state index is 12.9. The number of ether oxygens (including phenoxy) is 2. The van der Waals surface area contributed by atoms with Crippen molar-refractivity contribution in [2.75, 3.05) is 37.5 Å². The summed E-state index contributed by atoms with van der Waals surface area (Å²) in [5.74, 6) is -0.976. The molecule has 0 aromatic heterocycles. The third kappa shape index (κ3) is 5.47. The zero-order valence-corrected chi connectivity index (χ0v) is 19.2. The lowest BCUT2D eigenvalue weighted by atomic mass is 9.94. The van der Waals surface area contributed by atoms with Crippen LogP contribution in [-0.2, 0) is 14.3 Å². The molecule has 1 heterocycles. The van der Waals surface area contributed by atoms with Gasteiger partial charge in [-0.1, -0.05) is 30.3 Å². The number of rotatable bonds is 9. The van der Waals surface area contributed by atoms with Crippen molar-refractivity contribution in [3.05, 3.63) is 71.8 Å². The second kappa shape index (κ2) is 10.8. The molecule has 0 unspecified atom stereocenters. The van der Waals surface area contributed by atoms with E-state index in [0.29, 0.717) is 40.9 Å². The zero-order chi connectivity index (χ0) is 24.8. The van der Waals surface area contributed by atoms with Gasteiger partial charge in [0.1, 0.15) is 6.61 Å². The summed E-state index contributed by atoms with van der Waals surface area (Å²) in [6.45, 7) is 0.548. The average molecular weight is 476 g/mol. The highest BCUT2D eigenvalue weighted by Crippen LogP contribution is 2.30. The van der Waals surface area contributed by atoms with Crippen molar-refractivity contribution in [2.45, 2.75) is 12.8 Å². The molecule has 3 aromatic carbocycles. The van der Waals surface area contributed by atoms with E-state index in [-0.39, 0.29) is 37.3 Å². The van der Waals surface area contributed by atoms with Gasteiger partial charge in [0.2, 0.25) is 5.91 Å². The second-order valence-electron chi connectivity index (χ2n) is 7.96. The number of anilines is 2. The molecule has 4 amide bonds. The van der Waals surface area contributed by atoms with Crippen molar-refractivity contribution in [1.82, 2.24) is 4.90 Å². The van der Waals surface area contributed by atoms with E-state index >= 15 is 0 Å². The maximum Gasteiger partial charge on any atom is 0.411 e. The van der Waals surface area contributed by atoms with Crippen molar-refractivity contribution in [2.24, 2.45) is 0 Å². The van der Waals surface area contributed by atoms with Crippen molar-refractivity contribution in [3.8, 4) is 0 Å². The Labute approximate surface area is 202 Å². The van der Waals surface area contributed by atoms with Crippen LogP contribution in [0.4, 0.5) is 16.2 Å². The smallest absolute Gasteiger partial charge is 0.411 e. The van der Waals surface area contributed by atoms with Crippen LogP contribution >= 0.6 is 0 Å². The van der Waals surface area contributed by atoms with Crippen LogP contribution in [0.2, 0.25) is 0 Å². The molecule has 0 radical (unpaired) electrons. The lowest BCUT2D eigenvalue weighted by Crippen LogP contribution is -2.41. The number of nitrogens with zero attached hydrogens (tertiary/aromatic N) is 1. The maximum absolute atomic E-state index is 12.9. The molecule has 0 saturated carbocycles. The molecule has 1 aliphatic rings. The van der Waals surface area contributed by atoms with E-state index in [0.717, 1.165) is 5.39 Å². The molecule has 9 nitrogen and oxygen atoms in total. The van der Waals surface area contributed by atoms with Gasteiger partial charge in [0, 0.05) is 48.0 Å². The first-order valence-corrected chi connectivity index (χ1v) is 11.2. The van der Waals surface area contributed by atoms with Crippen LogP contribution in [0.25, 0.3) is 10.8 Å². The number of methoxy groups -OCH3 is 1. The largest absolute Gasteiger partial charge is 0.447 e. The highest BCUT2D eigenvalue weighted by Gasteiger charge is 2.32.